The SMILES string of the molecule is C=CCC(=O)N1CC(=O)NC(=O)C1CC. The molecule has 1 atom stereocenters. The zero-order valence-electron chi connectivity index (χ0n) is 8.66. The Morgan fingerprint density at radius 1 is 1.67 bits per heavy atom. The zero-order valence-corrected chi connectivity index (χ0v) is 8.66. The fourth-order valence-corrected chi connectivity index (χ4v) is 1.58. The molecule has 5 nitrogen and oxygen atoms in total. The summed E-state index contributed by atoms with van der Waals surface area (Å²) >= 11 is 0. The minimum Gasteiger partial charge on any atom is -0.321 e. The quantitative estimate of drug-likeness (QED) is 0.519. The van der Waals surface area contributed by atoms with Crippen molar-refractivity contribution in [3.05, 3.63) is 12.7 Å². The molecule has 1 N–H and O–H groups in total. The van der Waals surface area contributed by atoms with Crippen molar-refractivity contribution in [3.63, 3.8) is 0 Å². The fourth-order valence-electron chi connectivity index (χ4n) is 1.58. The predicted octanol–water partition coefficient (Wildman–Crippen LogP) is -0.174. The average molecular weight is 210 g/mol. The lowest BCUT2D eigenvalue weighted by Crippen LogP contribution is -2.59. The van der Waals surface area contributed by atoms with Crippen LogP contribution in [0, 0.1) is 0 Å². The van der Waals surface area contributed by atoms with Gasteiger partial charge in [-0.1, -0.05) is 13.0 Å². The highest BCUT2D eigenvalue weighted by Crippen LogP contribution is 2.10. The smallest absolute Gasteiger partial charge is 0.249 e. The first-order chi connectivity index (χ1) is 7.10. The van der Waals surface area contributed by atoms with E-state index >= 15 is 0 Å². The summed E-state index contributed by atoms with van der Waals surface area (Å²) in [6.07, 6.45) is 2.12. The predicted molar refractivity (Wildman–Crippen MR) is 53.8 cm³/mol. The highest BCUT2D eigenvalue weighted by Gasteiger charge is 2.34. The van der Waals surface area contributed by atoms with Crippen LogP contribution in [0.2, 0.25) is 0 Å². The van der Waals surface area contributed by atoms with E-state index in [0.29, 0.717) is 6.42 Å². The van der Waals surface area contributed by atoms with Gasteiger partial charge in [-0.25, -0.2) is 0 Å². The number of rotatable bonds is 3. The Balaban J connectivity index is 2.82. The molecule has 82 valence electrons. The van der Waals surface area contributed by atoms with E-state index < -0.39 is 17.9 Å². The summed E-state index contributed by atoms with van der Waals surface area (Å²) in [4.78, 5) is 35.4. The van der Waals surface area contributed by atoms with Crippen molar-refractivity contribution in [2.24, 2.45) is 0 Å². The van der Waals surface area contributed by atoms with Gasteiger partial charge >= 0.3 is 0 Å². The molecule has 0 aliphatic carbocycles. The number of piperazine rings is 1. The molecule has 0 aromatic heterocycles. The monoisotopic (exact) mass is 210 g/mol. The Morgan fingerprint density at radius 3 is 2.87 bits per heavy atom. The van der Waals surface area contributed by atoms with E-state index in [-0.39, 0.29) is 18.9 Å². The second-order valence-corrected chi connectivity index (χ2v) is 3.35. The molecule has 0 radical (unpaired) electrons. The highest BCUT2D eigenvalue weighted by atomic mass is 16.2. The summed E-state index contributed by atoms with van der Waals surface area (Å²) in [7, 11) is 0. The van der Waals surface area contributed by atoms with Crippen molar-refractivity contribution in [2.45, 2.75) is 25.8 Å². The molecule has 3 amide bonds. The standard InChI is InChI=1S/C10H14N2O3/c1-3-5-9(14)12-6-8(13)11-10(15)7(12)4-2/h3,7H,1,4-6H2,2H3,(H,11,13,15). The zero-order chi connectivity index (χ0) is 11.4. The largest absolute Gasteiger partial charge is 0.321 e. The van der Waals surface area contributed by atoms with Crippen LogP contribution in [0.15, 0.2) is 12.7 Å². The Morgan fingerprint density at radius 2 is 2.33 bits per heavy atom. The van der Waals surface area contributed by atoms with Gasteiger partial charge in [0, 0.05) is 6.42 Å². The fraction of sp³-hybridized carbons (Fsp3) is 0.500. The molecule has 1 fully saturated rings. The van der Waals surface area contributed by atoms with Crippen LogP contribution >= 0.6 is 0 Å². The van der Waals surface area contributed by atoms with Crippen molar-refractivity contribution >= 4 is 17.7 Å². The van der Waals surface area contributed by atoms with Gasteiger partial charge in [-0.2, -0.15) is 0 Å². The van der Waals surface area contributed by atoms with Gasteiger partial charge in [-0.3, -0.25) is 19.7 Å². The Labute approximate surface area is 88.1 Å². The average Bonchev–Trinajstić information content (AvgIpc) is 2.17. The van der Waals surface area contributed by atoms with Gasteiger partial charge in [-0.15, -0.1) is 6.58 Å². The minimum absolute atomic E-state index is 0.0447. The Bertz CT molecular complexity index is 312. The van der Waals surface area contributed by atoms with E-state index in [9.17, 15) is 14.4 Å². The van der Waals surface area contributed by atoms with E-state index in [1.165, 1.54) is 11.0 Å². The summed E-state index contributed by atoms with van der Waals surface area (Å²) in [6.45, 7) is 5.21. The molecule has 1 saturated heterocycles. The third kappa shape index (κ3) is 2.43. The number of nitrogens with one attached hydrogen (secondary N) is 1. The molecule has 1 heterocycles. The second kappa shape index (κ2) is 4.72. The van der Waals surface area contributed by atoms with Gasteiger partial charge in [0.1, 0.15) is 12.6 Å². The lowest BCUT2D eigenvalue weighted by atomic mass is 10.1. The normalized spacial score (nSPS) is 21.1. The number of hydrogen-bond acceptors (Lipinski definition) is 3. The Kier molecular flexibility index (Phi) is 3.60. The van der Waals surface area contributed by atoms with Crippen LogP contribution < -0.4 is 5.32 Å². The van der Waals surface area contributed by atoms with Crippen molar-refractivity contribution < 1.29 is 14.4 Å². The minimum atomic E-state index is -0.532. The second-order valence-electron chi connectivity index (χ2n) is 3.35. The van der Waals surface area contributed by atoms with Gasteiger partial charge in [0.2, 0.25) is 17.7 Å². The molecule has 1 unspecified atom stereocenters. The Hall–Kier alpha value is -1.65. The summed E-state index contributed by atoms with van der Waals surface area (Å²) < 4.78 is 0. The summed E-state index contributed by atoms with van der Waals surface area (Å²) in [6, 6.07) is -0.532. The lowest BCUT2D eigenvalue weighted by molar-refractivity contribution is -0.149. The summed E-state index contributed by atoms with van der Waals surface area (Å²) in [5, 5.41) is 2.21. The maximum Gasteiger partial charge on any atom is 0.249 e. The molecule has 1 aliphatic rings. The number of imide groups is 1. The summed E-state index contributed by atoms with van der Waals surface area (Å²) in [5.41, 5.74) is 0. The first-order valence-corrected chi connectivity index (χ1v) is 4.84. The van der Waals surface area contributed by atoms with Gasteiger partial charge < -0.3 is 4.90 Å². The van der Waals surface area contributed by atoms with E-state index in [4.69, 9.17) is 0 Å². The topological polar surface area (TPSA) is 66.5 Å². The maximum absolute atomic E-state index is 11.6. The molecule has 0 saturated carbocycles. The first kappa shape index (κ1) is 11.4. The molecule has 0 aromatic rings. The molecule has 1 rings (SSSR count). The van der Waals surface area contributed by atoms with Crippen LogP contribution in [0.3, 0.4) is 0 Å². The van der Waals surface area contributed by atoms with Crippen LogP contribution in [0.25, 0.3) is 0 Å². The number of carbonyl (C=O) groups excluding carboxylic acids is 3. The van der Waals surface area contributed by atoms with Crippen LogP contribution in [0.5, 0.6) is 0 Å². The molecular weight excluding hydrogens is 196 g/mol. The molecular formula is C10H14N2O3. The molecule has 5 heteroatoms. The lowest BCUT2D eigenvalue weighted by Gasteiger charge is -2.33. The van der Waals surface area contributed by atoms with E-state index in [1.54, 1.807) is 6.92 Å². The first-order valence-electron chi connectivity index (χ1n) is 4.84. The number of hydrogen-bond donors (Lipinski definition) is 1. The van der Waals surface area contributed by atoms with Crippen molar-refractivity contribution in [1.82, 2.24) is 10.2 Å². The van der Waals surface area contributed by atoms with Gasteiger partial charge in [0.25, 0.3) is 0 Å². The third-order valence-electron chi connectivity index (χ3n) is 2.28. The van der Waals surface area contributed by atoms with Crippen molar-refractivity contribution in [3.8, 4) is 0 Å². The van der Waals surface area contributed by atoms with Crippen molar-refractivity contribution in [2.75, 3.05) is 6.54 Å². The number of amides is 3. The van der Waals surface area contributed by atoms with Gasteiger partial charge in [0.15, 0.2) is 0 Å². The van der Waals surface area contributed by atoms with Crippen LogP contribution in [-0.4, -0.2) is 35.2 Å². The van der Waals surface area contributed by atoms with E-state index in [0.717, 1.165) is 0 Å². The van der Waals surface area contributed by atoms with Crippen LogP contribution in [0.4, 0.5) is 0 Å². The number of carbonyl (C=O) groups is 3. The van der Waals surface area contributed by atoms with Gasteiger partial charge in [0.05, 0.1) is 0 Å². The maximum atomic E-state index is 11.6. The third-order valence-corrected chi connectivity index (χ3v) is 2.28. The van der Waals surface area contributed by atoms with Gasteiger partial charge in [-0.05, 0) is 6.42 Å². The van der Waals surface area contributed by atoms with Crippen molar-refractivity contribution in [1.29, 1.82) is 0 Å². The molecule has 0 spiro atoms. The highest BCUT2D eigenvalue weighted by molar-refractivity contribution is 6.04. The molecule has 0 aromatic carbocycles. The van der Waals surface area contributed by atoms with E-state index in [2.05, 4.69) is 11.9 Å². The van der Waals surface area contributed by atoms with Crippen LogP contribution in [0.1, 0.15) is 19.8 Å². The number of nitrogens with zero attached hydrogens (tertiary/aromatic N) is 1. The summed E-state index contributed by atoms with van der Waals surface area (Å²) in [5.74, 6) is -1.06. The van der Waals surface area contributed by atoms with E-state index in [1.807, 2.05) is 0 Å². The molecule has 1 aliphatic heterocycles. The van der Waals surface area contributed by atoms with Crippen LogP contribution in [-0.2, 0) is 14.4 Å². The molecule has 15 heavy (non-hydrogen) atoms. The molecule has 0 bridgehead atoms.